The van der Waals surface area contributed by atoms with Gasteiger partial charge in [0.15, 0.2) is 0 Å². The number of aromatic nitrogens is 3. The van der Waals surface area contributed by atoms with Crippen molar-refractivity contribution in [2.45, 2.75) is 0 Å². The molecule has 0 fully saturated rings. The Hall–Kier alpha value is -1.37. The van der Waals surface area contributed by atoms with Crippen molar-refractivity contribution < 1.29 is 0 Å². The molecule has 15 heavy (non-hydrogen) atoms. The van der Waals surface area contributed by atoms with Crippen molar-refractivity contribution in [1.29, 1.82) is 0 Å². The van der Waals surface area contributed by atoms with E-state index in [9.17, 15) is 0 Å². The molecule has 1 radical (unpaired) electrons. The maximum atomic E-state index is 4.30. The molecule has 6 nitrogen and oxygen atoms in total. The Bertz CT molecular complexity index is 316. The van der Waals surface area contributed by atoms with Crippen molar-refractivity contribution in [1.82, 2.24) is 19.8 Å². The molecule has 7 heteroatoms. The van der Waals surface area contributed by atoms with Gasteiger partial charge in [-0.05, 0) is 21.1 Å². The second-order valence-corrected chi connectivity index (χ2v) is 3.67. The Morgan fingerprint density at radius 1 is 1.00 bits per heavy atom. The lowest BCUT2D eigenvalue weighted by molar-refractivity contribution is 0.654. The summed E-state index contributed by atoms with van der Waals surface area (Å²) in [5.74, 6) is 1.28. The highest BCUT2D eigenvalue weighted by Gasteiger charge is 2.09. The van der Waals surface area contributed by atoms with Gasteiger partial charge in [0.1, 0.15) is 6.33 Å². The van der Waals surface area contributed by atoms with Gasteiger partial charge in [0, 0.05) is 14.1 Å². The topological polar surface area (TPSA) is 48.4 Å². The van der Waals surface area contributed by atoms with E-state index in [4.69, 9.17) is 0 Å². The van der Waals surface area contributed by atoms with E-state index in [0.29, 0.717) is 11.9 Å². The summed E-state index contributed by atoms with van der Waals surface area (Å²) < 4.78 is 0. The molecular formula is C8H16BN6. The van der Waals surface area contributed by atoms with Gasteiger partial charge in [-0.15, -0.1) is 0 Å². The van der Waals surface area contributed by atoms with E-state index in [1.807, 2.05) is 57.3 Å². The normalized spacial score (nSPS) is 10.3. The zero-order valence-corrected chi connectivity index (χ0v) is 9.84. The smallest absolute Gasteiger partial charge is 0.353 e. The van der Waals surface area contributed by atoms with E-state index >= 15 is 0 Å². The van der Waals surface area contributed by atoms with Crippen molar-refractivity contribution >= 4 is 19.4 Å². The van der Waals surface area contributed by atoms with Crippen LogP contribution in [0.2, 0.25) is 0 Å². The first-order valence-corrected chi connectivity index (χ1v) is 4.61. The van der Waals surface area contributed by atoms with Crippen LogP contribution >= 0.6 is 0 Å². The third-order valence-electron chi connectivity index (χ3n) is 1.67. The predicted octanol–water partition coefficient (Wildman–Crippen LogP) is -0.530. The van der Waals surface area contributed by atoms with E-state index in [1.165, 1.54) is 6.33 Å². The molecule has 0 atom stereocenters. The minimum absolute atomic E-state index is 0.627. The first-order chi connectivity index (χ1) is 7.00. The monoisotopic (exact) mass is 207 g/mol. The van der Waals surface area contributed by atoms with Crippen molar-refractivity contribution in [3.8, 4) is 0 Å². The minimum atomic E-state index is 0.627. The zero-order valence-electron chi connectivity index (χ0n) is 9.84. The SMILES string of the molecule is CN(C)[B]N(C)c1ncnc(N(C)C)n1. The molecule has 1 aromatic rings. The molecule has 0 N–H and O–H groups in total. The summed E-state index contributed by atoms with van der Waals surface area (Å²) in [6, 6.07) is 0. The van der Waals surface area contributed by atoms with Crippen LogP contribution in [0, 0.1) is 0 Å². The van der Waals surface area contributed by atoms with Crippen LogP contribution in [0.15, 0.2) is 6.33 Å². The Kier molecular flexibility index (Phi) is 3.84. The second kappa shape index (κ2) is 4.93. The lowest BCUT2D eigenvalue weighted by Gasteiger charge is -2.20. The fourth-order valence-corrected chi connectivity index (χ4v) is 1.06. The van der Waals surface area contributed by atoms with Crippen molar-refractivity contribution in [2.75, 3.05) is 44.9 Å². The second-order valence-electron chi connectivity index (χ2n) is 3.67. The summed E-state index contributed by atoms with van der Waals surface area (Å²) in [6.07, 6.45) is 1.51. The third-order valence-corrected chi connectivity index (χ3v) is 1.67. The van der Waals surface area contributed by atoms with Crippen LogP contribution < -0.4 is 9.71 Å². The predicted molar refractivity (Wildman–Crippen MR) is 62.0 cm³/mol. The van der Waals surface area contributed by atoms with E-state index in [-0.39, 0.29) is 0 Å². The van der Waals surface area contributed by atoms with Crippen LogP contribution in [0.5, 0.6) is 0 Å². The average Bonchev–Trinajstić information content (AvgIpc) is 2.17. The lowest BCUT2D eigenvalue weighted by Crippen LogP contribution is -2.35. The Morgan fingerprint density at radius 2 is 1.60 bits per heavy atom. The van der Waals surface area contributed by atoms with Crippen LogP contribution in [0.1, 0.15) is 0 Å². The highest BCUT2D eigenvalue weighted by molar-refractivity contribution is 6.37. The highest BCUT2D eigenvalue weighted by Crippen LogP contribution is 2.07. The van der Waals surface area contributed by atoms with Gasteiger partial charge < -0.3 is 14.5 Å². The molecular weight excluding hydrogens is 191 g/mol. The molecule has 1 rings (SSSR count). The molecule has 0 aliphatic heterocycles. The van der Waals surface area contributed by atoms with Crippen molar-refractivity contribution in [3.05, 3.63) is 6.33 Å². The Labute approximate surface area is 91.2 Å². The molecule has 0 aromatic carbocycles. The summed E-state index contributed by atoms with van der Waals surface area (Å²) in [4.78, 5) is 18.1. The van der Waals surface area contributed by atoms with Gasteiger partial charge in [-0.1, -0.05) is 0 Å². The highest BCUT2D eigenvalue weighted by atomic mass is 15.3. The number of rotatable bonds is 4. The standard InChI is InChI=1S/C8H16BN6/c1-13(2)7-10-6-11-8(12-7)15(5)9-14(3)4/h6H,1-5H3. The zero-order chi connectivity index (χ0) is 11.4. The van der Waals surface area contributed by atoms with Crippen molar-refractivity contribution in [2.24, 2.45) is 0 Å². The lowest BCUT2D eigenvalue weighted by atomic mass is 10.1. The molecule has 0 bridgehead atoms. The van der Waals surface area contributed by atoms with E-state index in [0.717, 1.165) is 0 Å². The van der Waals surface area contributed by atoms with E-state index in [1.54, 1.807) is 0 Å². The molecule has 0 aliphatic carbocycles. The fourth-order valence-electron chi connectivity index (χ4n) is 1.06. The van der Waals surface area contributed by atoms with Gasteiger partial charge in [0.2, 0.25) is 11.9 Å². The third kappa shape index (κ3) is 3.36. The summed E-state index contributed by atoms with van der Waals surface area (Å²) in [5.41, 5.74) is 0. The summed E-state index contributed by atoms with van der Waals surface area (Å²) in [6.45, 7) is 0. The molecule has 0 saturated heterocycles. The average molecular weight is 207 g/mol. The summed E-state index contributed by atoms with van der Waals surface area (Å²) in [7, 11) is 11.5. The largest absolute Gasteiger partial charge is 0.376 e. The summed E-state index contributed by atoms with van der Waals surface area (Å²) in [5, 5.41) is 0. The Balaban J connectivity index is 2.80. The van der Waals surface area contributed by atoms with Crippen LogP contribution in [-0.4, -0.2) is 62.6 Å². The van der Waals surface area contributed by atoms with Gasteiger partial charge in [-0.2, -0.15) is 4.98 Å². The van der Waals surface area contributed by atoms with Gasteiger partial charge >= 0.3 is 7.55 Å². The minimum Gasteiger partial charge on any atom is -0.376 e. The van der Waals surface area contributed by atoms with Crippen LogP contribution in [0.3, 0.4) is 0 Å². The number of hydrogen-bond acceptors (Lipinski definition) is 6. The maximum Gasteiger partial charge on any atom is 0.353 e. The molecule has 0 unspecified atom stereocenters. The molecule has 1 heterocycles. The first-order valence-electron chi connectivity index (χ1n) is 4.61. The van der Waals surface area contributed by atoms with Crippen LogP contribution in [0.4, 0.5) is 11.9 Å². The first kappa shape index (κ1) is 11.7. The van der Waals surface area contributed by atoms with E-state index in [2.05, 4.69) is 15.0 Å². The summed E-state index contributed by atoms with van der Waals surface area (Å²) >= 11 is 0. The number of anilines is 2. The van der Waals surface area contributed by atoms with Gasteiger partial charge in [-0.25, -0.2) is 9.97 Å². The van der Waals surface area contributed by atoms with Gasteiger partial charge in [0.05, 0.1) is 0 Å². The van der Waals surface area contributed by atoms with Crippen LogP contribution in [0.25, 0.3) is 0 Å². The van der Waals surface area contributed by atoms with E-state index < -0.39 is 0 Å². The number of nitrogens with zero attached hydrogens (tertiary/aromatic N) is 6. The van der Waals surface area contributed by atoms with Gasteiger partial charge in [-0.3, -0.25) is 0 Å². The molecule has 0 amide bonds. The molecule has 0 saturated carbocycles. The maximum absolute atomic E-state index is 4.30. The molecule has 0 spiro atoms. The number of hydrogen-bond donors (Lipinski definition) is 0. The molecule has 0 aliphatic rings. The quantitative estimate of drug-likeness (QED) is 0.618. The van der Waals surface area contributed by atoms with Crippen LogP contribution in [-0.2, 0) is 0 Å². The molecule has 1 aromatic heterocycles. The Morgan fingerprint density at radius 3 is 2.13 bits per heavy atom. The fraction of sp³-hybridized carbons (Fsp3) is 0.625. The van der Waals surface area contributed by atoms with Crippen molar-refractivity contribution in [3.63, 3.8) is 0 Å². The molecule has 81 valence electrons. The van der Waals surface area contributed by atoms with Gasteiger partial charge in [0.25, 0.3) is 0 Å².